The minimum atomic E-state index is -0.159. The maximum Gasteiger partial charge on any atom is 0.251 e. The van der Waals surface area contributed by atoms with E-state index in [1.54, 1.807) is 37.4 Å². The molecule has 0 unspecified atom stereocenters. The van der Waals surface area contributed by atoms with Crippen LogP contribution in [0.2, 0.25) is 0 Å². The van der Waals surface area contributed by atoms with Crippen LogP contribution in [0, 0.1) is 0 Å². The highest BCUT2D eigenvalue weighted by Gasteiger charge is 2.10. The van der Waals surface area contributed by atoms with E-state index in [0.717, 1.165) is 0 Å². The van der Waals surface area contributed by atoms with Crippen LogP contribution in [0.1, 0.15) is 17.3 Å². The largest absolute Gasteiger partial charge is 0.493 e. The Labute approximate surface area is 123 Å². The number of nitrogen functional groups attached to an aromatic ring is 1. The first kappa shape index (κ1) is 14.7. The molecule has 0 spiro atoms. The van der Waals surface area contributed by atoms with Crippen LogP contribution in [0.5, 0.6) is 17.2 Å². The van der Waals surface area contributed by atoms with Crippen molar-refractivity contribution in [1.82, 2.24) is 5.32 Å². The fraction of sp³-hybridized carbons (Fsp3) is 0.188. The highest BCUT2D eigenvalue weighted by molar-refractivity contribution is 5.95. The van der Waals surface area contributed by atoms with Crippen LogP contribution in [-0.2, 0) is 0 Å². The first-order valence-corrected chi connectivity index (χ1v) is 6.64. The van der Waals surface area contributed by atoms with Crippen LogP contribution in [0.3, 0.4) is 0 Å². The van der Waals surface area contributed by atoms with Gasteiger partial charge in [-0.1, -0.05) is 12.1 Å². The van der Waals surface area contributed by atoms with E-state index in [0.29, 0.717) is 35.0 Å². The summed E-state index contributed by atoms with van der Waals surface area (Å²) in [5, 5.41) is 2.72. The number of hydrogen-bond donors (Lipinski definition) is 2. The summed E-state index contributed by atoms with van der Waals surface area (Å²) >= 11 is 0. The predicted molar refractivity (Wildman–Crippen MR) is 81.9 cm³/mol. The number of amides is 1. The molecule has 0 atom stereocenters. The quantitative estimate of drug-likeness (QED) is 0.829. The van der Waals surface area contributed by atoms with Crippen molar-refractivity contribution in [1.29, 1.82) is 0 Å². The Kier molecular flexibility index (Phi) is 4.66. The second-order valence-corrected chi connectivity index (χ2v) is 4.36. The van der Waals surface area contributed by atoms with Gasteiger partial charge in [0.25, 0.3) is 5.91 Å². The van der Waals surface area contributed by atoms with Crippen molar-refractivity contribution in [3.63, 3.8) is 0 Å². The number of nitrogens with one attached hydrogen (secondary N) is 1. The van der Waals surface area contributed by atoms with Gasteiger partial charge in [-0.25, -0.2) is 0 Å². The van der Waals surface area contributed by atoms with Gasteiger partial charge in [0.05, 0.1) is 12.8 Å². The van der Waals surface area contributed by atoms with Gasteiger partial charge in [-0.3, -0.25) is 4.79 Å². The Morgan fingerprint density at radius 2 is 1.86 bits per heavy atom. The second-order valence-electron chi connectivity index (χ2n) is 4.36. The van der Waals surface area contributed by atoms with Gasteiger partial charge >= 0.3 is 0 Å². The lowest BCUT2D eigenvalue weighted by molar-refractivity contribution is 0.0956. The van der Waals surface area contributed by atoms with E-state index in [-0.39, 0.29) is 5.91 Å². The lowest BCUT2D eigenvalue weighted by Crippen LogP contribution is -2.22. The Hall–Kier alpha value is -2.69. The van der Waals surface area contributed by atoms with E-state index in [1.807, 2.05) is 19.1 Å². The zero-order chi connectivity index (χ0) is 15.2. The average Bonchev–Trinajstić information content (AvgIpc) is 2.50. The van der Waals surface area contributed by atoms with E-state index in [9.17, 15) is 4.79 Å². The molecular formula is C16H18N2O3. The predicted octanol–water partition coefficient (Wildman–Crippen LogP) is 2.82. The fourth-order valence-electron chi connectivity index (χ4n) is 1.87. The Morgan fingerprint density at radius 1 is 1.14 bits per heavy atom. The topological polar surface area (TPSA) is 73.6 Å². The maximum atomic E-state index is 11.7. The molecule has 0 aliphatic heterocycles. The summed E-state index contributed by atoms with van der Waals surface area (Å²) < 4.78 is 11.0. The van der Waals surface area contributed by atoms with Gasteiger partial charge in [-0.15, -0.1) is 0 Å². The molecule has 5 heteroatoms. The number of methoxy groups -OCH3 is 1. The molecule has 2 rings (SSSR count). The number of anilines is 1. The third-order valence-corrected chi connectivity index (χ3v) is 2.90. The van der Waals surface area contributed by atoms with Gasteiger partial charge in [0.15, 0.2) is 17.2 Å². The Bertz CT molecular complexity index is 641. The van der Waals surface area contributed by atoms with Crippen molar-refractivity contribution in [2.24, 2.45) is 0 Å². The molecule has 0 radical (unpaired) electrons. The highest BCUT2D eigenvalue weighted by atomic mass is 16.5. The van der Waals surface area contributed by atoms with Crippen LogP contribution in [0.15, 0.2) is 42.5 Å². The first-order chi connectivity index (χ1) is 10.2. The van der Waals surface area contributed by atoms with E-state index >= 15 is 0 Å². The van der Waals surface area contributed by atoms with Crippen LogP contribution in [-0.4, -0.2) is 19.6 Å². The number of rotatable bonds is 5. The summed E-state index contributed by atoms with van der Waals surface area (Å²) in [5.74, 6) is 1.50. The summed E-state index contributed by atoms with van der Waals surface area (Å²) in [6.45, 7) is 2.43. The molecule has 0 bridgehead atoms. The molecule has 0 aliphatic rings. The average molecular weight is 286 g/mol. The molecule has 1 amide bonds. The minimum absolute atomic E-state index is 0.159. The van der Waals surface area contributed by atoms with Crippen LogP contribution < -0.4 is 20.5 Å². The van der Waals surface area contributed by atoms with Crippen LogP contribution in [0.4, 0.5) is 5.69 Å². The molecule has 0 aliphatic carbocycles. The number of nitrogens with two attached hydrogens (primary N) is 1. The second kappa shape index (κ2) is 6.65. The molecule has 0 fully saturated rings. The smallest absolute Gasteiger partial charge is 0.251 e. The standard InChI is InChI=1S/C16H18N2O3/c1-3-18-16(19)11-8-9-13(12(17)10-11)21-15-7-5-4-6-14(15)20-2/h4-10H,3,17H2,1-2H3,(H,18,19). The van der Waals surface area contributed by atoms with E-state index in [2.05, 4.69) is 5.32 Å². The minimum Gasteiger partial charge on any atom is -0.493 e. The van der Waals surface area contributed by atoms with Crippen molar-refractivity contribution in [2.75, 3.05) is 19.4 Å². The molecule has 0 aromatic heterocycles. The van der Waals surface area contributed by atoms with Gasteiger partial charge in [0.1, 0.15) is 0 Å². The van der Waals surface area contributed by atoms with E-state index in [1.165, 1.54) is 0 Å². The number of benzene rings is 2. The molecular weight excluding hydrogens is 268 g/mol. The molecule has 5 nitrogen and oxygen atoms in total. The highest BCUT2D eigenvalue weighted by Crippen LogP contribution is 2.34. The normalized spacial score (nSPS) is 10.0. The number of hydrogen-bond acceptors (Lipinski definition) is 4. The summed E-state index contributed by atoms with van der Waals surface area (Å²) in [4.78, 5) is 11.7. The number of para-hydroxylation sites is 2. The van der Waals surface area contributed by atoms with Crippen LogP contribution in [0.25, 0.3) is 0 Å². The molecule has 0 saturated carbocycles. The third kappa shape index (κ3) is 3.45. The van der Waals surface area contributed by atoms with Crippen molar-refractivity contribution < 1.29 is 14.3 Å². The fourth-order valence-corrected chi connectivity index (χ4v) is 1.87. The summed E-state index contributed by atoms with van der Waals surface area (Å²) in [6, 6.07) is 12.2. The van der Waals surface area contributed by atoms with Crippen LogP contribution >= 0.6 is 0 Å². The lowest BCUT2D eigenvalue weighted by atomic mass is 10.1. The van der Waals surface area contributed by atoms with E-state index < -0.39 is 0 Å². The number of ether oxygens (including phenoxy) is 2. The monoisotopic (exact) mass is 286 g/mol. The number of carbonyl (C=O) groups is 1. The molecule has 21 heavy (non-hydrogen) atoms. The van der Waals surface area contributed by atoms with Gasteiger partial charge in [0.2, 0.25) is 0 Å². The Balaban J connectivity index is 2.23. The third-order valence-electron chi connectivity index (χ3n) is 2.90. The lowest BCUT2D eigenvalue weighted by Gasteiger charge is -2.12. The van der Waals surface area contributed by atoms with Crippen molar-refractivity contribution >= 4 is 11.6 Å². The molecule has 2 aromatic carbocycles. The Morgan fingerprint density at radius 3 is 2.48 bits per heavy atom. The summed E-state index contributed by atoms with van der Waals surface area (Å²) in [5.41, 5.74) is 6.84. The molecule has 0 heterocycles. The van der Waals surface area contributed by atoms with Crippen molar-refractivity contribution in [2.45, 2.75) is 6.92 Å². The molecule has 2 aromatic rings. The summed E-state index contributed by atoms with van der Waals surface area (Å²) in [7, 11) is 1.57. The first-order valence-electron chi connectivity index (χ1n) is 6.64. The van der Waals surface area contributed by atoms with Gasteiger partial charge in [-0.2, -0.15) is 0 Å². The van der Waals surface area contributed by atoms with Gasteiger partial charge in [-0.05, 0) is 37.3 Å². The molecule has 110 valence electrons. The molecule has 3 N–H and O–H groups in total. The van der Waals surface area contributed by atoms with Crippen molar-refractivity contribution in [3.8, 4) is 17.2 Å². The van der Waals surface area contributed by atoms with E-state index in [4.69, 9.17) is 15.2 Å². The molecule has 0 saturated heterocycles. The zero-order valence-electron chi connectivity index (χ0n) is 12.1. The number of carbonyl (C=O) groups excluding carboxylic acids is 1. The summed E-state index contributed by atoms with van der Waals surface area (Å²) in [6.07, 6.45) is 0. The van der Waals surface area contributed by atoms with Gasteiger partial charge in [0, 0.05) is 12.1 Å². The zero-order valence-corrected chi connectivity index (χ0v) is 12.1. The van der Waals surface area contributed by atoms with Crippen molar-refractivity contribution in [3.05, 3.63) is 48.0 Å². The maximum absolute atomic E-state index is 11.7. The van der Waals surface area contributed by atoms with Gasteiger partial charge < -0.3 is 20.5 Å². The SMILES string of the molecule is CCNC(=O)c1ccc(Oc2ccccc2OC)c(N)c1.